The Labute approximate surface area is 175 Å². The van der Waals surface area contributed by atoms with Crippen LogP contribution in [-0.2, 0) is 11.3 Å². The van der Waals surface area contributed by atoms with Crippen LogP contribution in [0.1, 0.15) is 43.6 Å². The number of aryl methyl sites for hydroxylation is 1. The quantitative estimate of drug-likeness (QED) is 0.489. The molecular formula is C23H26FN3OS. The number of halogens is 1. The molecule has 0 saturated carbocycles. The standard InChI is InChI=1S/C23H26FN3OS/c1-5-26(17(3)19-8-10-20(24)11-9-19)14-21-15-29-23(25-21)27(18(4)28)22-12-6-16(2)7-13-22/h6-13,15,17H,5,14H2,1-4H3. The van der Waals surface area contributed by atoms with E-state index in [1.807, 2.05) is 48.7 Å². The molecule has 0 fully saturated rings. The third kappa shape index (κ3) is 5.08. The lowest BCUT2D eigenvalue weighted by Crippen LogP contribution is -2.27. The van der Waals surface area contributed by atoms with Crippen molar-refractivity contribution in [2.45, 2.75) is 40.3 Å². The fourth-order valence-corrected chi connectivity index (χ4v) is 4.15. The molecule has 6 heteroatoms. The van der Waals surface area contributed by atoms with E-state index in [1.54, 1.807) is 11.8 Å². The average molecular weight is 412 g/mol. The zero-order valence-corrected chi connectivity index (χ0v) is 18.0. The molecular weight excluding hydrogens is 385 g/mol. The molecule has 2 aromatic carbocycles. The predicted molar refractivity (Wildman–Crippen MR) is 117 cm³/mol. The summed E-state index contributed by atoms with van der Waals surface area (Å²) in [6.07, 6.45) is 0. The van der Waals surface area contributed by atoms with E-state index in [2.05, 4.69) is 18.7 Å². The molecule has 29 heavy (non-hydrogen) atoms. The molecule has 0 aliphatic carbocycles. The summed E-state index contributed by atoms with van der Waals surface area (Å²) in [5.74, 6) is -0.296. The molecule has 3 aromatic rings. The Morgan fingerprint density at radius 2 is 1.79 bits per heavy atom. The van der Waals surface area contributed by atoms with Crippen molar-refractivity contribution in [3.8, 4) is 0 Å². The Bertz CT molecular complexity index is 953. The summed E-state index contributed by atoms with van der Waals surface area (Å²) >= 11 is 1.46. The van der Waals surface area contributed by atoms with Gasteiger partial charge in [0.05, 0.1) is 11.4 Å². The molecule has 0 bridgehead atoms. The van der Waals surface area contributed by atoms with Gasteiger partial charge in [-0.25, -0.2) is 9.37 Å². The number of amides is 1. The van der Waals surface area contributed by atoms with Crippen LogP contribution in [0.5, 0.6) is 0 Å². The van der Waals surface area contributed by atoms with E-state index >= 15 is 0 Å². The SMILES string of the molecule is CCN(Cc1csc(N(C(C)=O)c2ccc(C)cc2)n1)C(C)c1ccc(F)cc1. The average Bonchev–Trinajstić information content (AvgIpc) is 3.15. The smallest absolute Gasteiger partial charge is 0.230 e. The van der Waals surface area contributed by atoms with Crippen LogP contribution in [0.4, 0.5) is 15.2 Å². The third-order valence-electron chi connectivity index (χ3n) is 5.01. The molecule has 1 amide bonds. The second-order valence-electron chi connectivity index (χ2n) is 7.10. The highest BCUT2D eigenvalue weighted by molar-refractivity contribution is 7.14. The maximum atomic E-state index is 13.2. The van der Waals surface area contributed by atoms with E-state index in [-0.39, 0.29) is 17.8 Å². The van der Waals surface area contributed by atoms with E-state index in [1.165, 1.54) is 23.5 Å². The highest BCUT2D eigenvalue weighted by atomic mass is 32.1. The minimum atomic E-state index is -0.228. The number of aromatic nitrogens is 1. The maximum Gasteiger partial charge on any atom is 0.230 e. The van der Waals surface area contributed by atoms with Crippen LogP contribution in [0.25, 0.3) is 0 Å². The molecule has 152 valence electrons. The van der Waals surface area contributed by atoms with E-state index in [9.17, 15) is 9.18 Å². The predicted octanol–water partition coefficient (Wildman–Crippen LogP) is 5.86. The molecule has 0 saturated heterocycles. The Kier molecular flexibility index (Phi) is 6.77. The summed E-state index contributed by atoms with van der Waals surface area (Å²) < 4.78 is 13.2. The number of carbonyl (C=O) groups is 1. The zero-order chi connectivity index (χ0) is 21.0. The van der Waals surface area contributed by atoms with E-state index in [0.717, 1.165) is 29.1 Å². The maximum absolute atomic E-state index is 13.2. The number of nitrogens with zero attached hydrogens (tertiary/aromatic N) is 3. The van der Waals surface area contributed by atoms with Gasteiger partial charge in [-0.3, -0.25) is 14.6 Å². The fraction of sp³-hybridized carbons (Fsp3) is 0.304. The van der Waals surface area contributed by atoms with Crippen LogP contribution in [0, 0.1) is 12.7 Å². The summed E-state index contributed by atoms with van der Waals surface area (Å²) in [4.78, 5) is 20.9. The largest absolute Gasteiger partial charge is 0.291 e. The second-order valence-corrected chi connectivity index (χ2v) is 7.94. The third-order valence-corrected chi connectivity index (χ3v) is 5.88. The Morgan fingerprint density at radius 3 is 2.38 bits per heavy atom. The van der Waals surface area contributed by atoms with Gasteiger partial charge in [0.15, 0.2) is 5.13 Å². The van der Waals surface area contributed by atoms with Gasteiger partial charge in [-0.15, -0.1) is 11.3 Å². The molecule has 0 aliphatic heterocycles. The molecule has 0 radical (unpaired) electrons. The molecule has 1 atom stereocenters. The van der Waals surface area contributed by atoms with Crippen LogP contribution in [0.3, 0.4) is 0 Å². The van der Waals surface area contributed by atoms with Crippen LogP contribution in [0.15, 0.2) is 53.9 Å². The zero-order valence-electron chi connectivity index (χ0n) is 17.2. The minimum Gasteiger partial charge on any atom is -0.291 e. The second kappa shape index (κ2) is 9.29. The summed E-state index contributed by atoms with van der Waals surface area (Å²) in [5, 5.41) is 2.67. The van der Waals surface area contributed by atoms with Gasteiger partial charge in [0, 0.05) is 24.9 Å². The van der Waals surface area contributed by atoms with E-state index in [0.29, 0.717) is 11.7 Å². The fourth-order valence-electron chi connectivity index (χ4n) is 3.28. The van der Waals surface area contributed by atoms with Crippen molar-refractivity contribution in [2.24, 2.45) is 0 Å². The van der Waals surface area contributed by atoms with Gasteiger partial charge in [-0.1, -0.05) is 36.8 Å². The lowest BCUT2D eigenvalue weighted by molar-refractivity contribution is -0.115. The molecule has 4 nitrogen and oxygen atoms in total. The Hall–Kier alpha value is -2.57. The van der Waals surface area contributed by atoms with Crippen LogP contribution < -0.4 is 4.90 Å². The number of hydrogen-bond acceptors (Lipinski definition) is 4. The highest BCUT2D eigenvalue weighted by Crippen LogP contribution is 2.30. The molecule has 0 spiro atoms. The number of benzene rings is 2. The van der Waals surface area contributed by atoms with E-state index in [4.69, 9.17) is 4.98 Å². The van der Waals surface area contributed by atoms with Crippen molar-refractivity contribution >= 4 is 28.1 Å². The lowest BCUT2D eigenvalue weighted by atomic mass is 10.1. The topological polar surface area (TPSA) is 36.4 Å². The van der Waals surface area contributed by atoms with Crippen LogP contribution in [0.2, 0.25) is 0 Å². The van der Waals surface area contributed by atoms with Crippen molar-refractivity contribution in [3.05, 3.63) is 76.5 Å². The first kappa shape index (κ1) is 21.1. The Balaban J connectivity index is 1.79. The van der Waals surface area contributed by atoms with Crippen molar-refractivity contribution in [1.29, 1.82) is 0 Å². The molecule has 0 aliphatic rings. The molecule has 0 N–H and O–H groups in total. The van der Waals surface area contributed by atoms with Gasteiger partial charge in [0.25, 0.3) is 0 Å². The number of hydrogen-bond donors (Lipinski definition) is 0. The van der Waals surface area contributed by atoms with Gasteiger partial charge < -0.3 is 0 Å². The Morgan fingerprint density at radius 1 is 1.14 bits per heavy atom. The van der Waals surface area contributed by atoms with Crippen molar-refractivity contribution < 1.29 is 9.18 Å². The van der Waals surface area contributed by atoms with Crippen molar-refractivity contribution in [2.75, 3.05) is 11.4 Å². The van der Waals surface area contributed by atoms with Gasteiger partial charge in [-0.05, 0) is 50.2 Å². The normalized spacial score (nSPS) is 12.2. The number of carbonyl (C=O) groups excluding carboxylic acids is 1. The first-order chi connectivity index (χ1) is 13.9. The number of anilines is 2. The van der Waals surface area contributed by atoms with Crippen molar-refractivity contribution in [1.82, 2.24) is 9.88 Å². The summed E-state index contributed by atoms with van der Waals surface area (Å²) in [7, 11) is 0. The van der Waals surface area contributed by atoms with E-state index < -0.39 is 0 Å². The van der Waals surface area contributed by atoms with Gasteiger partial charge >= 0.3 is 0 Å². The summed E-state index contributed by atoms with van der Waals surface area (Å²) in [6, 6.07) is 14.6. The molecule has 1 aromatic heterocycles. The summed E-state index contributed by atoms with van der Waals surface area (Å²) in [5.41, 5.74) is 3.94. The molecule has 1 unspecified atom stereocenters. The van der Waals surface area contributed by atoms with Crippen LogP contribution in [-0.4, -0.2) is 22.3 Å². The monoisotopic (exact) mass is 411 g/mol. The van der Waals surface area contributed by atoms with Gasteiger partial charge in [0.1, 0.15) is 5.82 Å². The first-order valence-electron chi connectivity index (χ1n) is 9.70. The first-order valence-corrected chi connectivity index (χ1v) is 10.6. The number of thiazole rings is 1. The number of rotatable bonds is 7. The molecule has 3 rings (SSSR count). The molecule has 1 heterocycles. The van der Waals surface area contributed by atoms with Gasteiger partial charge in [-0.2, -0.15) is 0 Å². The summed E-state index contributed by atoms with van der Waals surface area (Å²) in [6.45, 7) is 9.27. The highest BCUT2D eigenvalue weighted by Gasteiger charge is 2.20. The lowest BCUT2D eigenvalue weighted by Gasteiger charge is -2.27. The van der Waals surface area contributed by atoms with Gasteiger partial charge in [0.2, 0.25) is 5.91 Å². The van der Waals surface area contributed by atoms with Crippen molar-refractivity contribution in [3.63, 3.8) is 0 Å². The van der Waals surface area contributed by atoms with Crippen LogP contribution >= 0.6 is 11.3 Å². The minimum absolute atomic E-state index is 0.0678.